The van der Waals surface area contributed by atoms with Crippen LogP contribution in [0.5, 0.6) is 0 Å². The molecule has 0 aliphatic rings. The third kappa shape index (κ3) is 3.65. The molecule has 4 nitrogen and oxygen atoms in total. The van der Waals surface area contributed by atoms with Crippen molar-refractivity contribution in [2.24, 2.45) is 0 Å². The van der Waals surface area contributed by atoms with Crippen LogP contribution in [-0.4, -0.2) is 12.6 Å². The van der Waals surface area contributed by atoms with E-state index in [9.17, 15) is 4.79 Å². The van der Waals surface area contributed by atoms with Gasteiger partial charge < -0.3 is 15.1 Å². The van der Waals surface area contributed by atoms with Gasteiger partial charge in [-0.1, -0.05) is 6.92 Å². The van der Waals surface area contributed by atoms with Gasteiger partial charge in [-0.05, 0) is 32.4 Å². The third-order valence-corrected chi connectivity index (χ3v) is 2.07. The molecule has 2 N–H and O–H groups in total. The maximum absolute atomic E-state index is 11.3. The van der Waals surface area contributed by atoms with E-state index in [1.54, 1.807) is 0 Å². The van der Waals surface area contributed by atoms with Crippen LogP contribution in [0.4, 0.5) is 4.79 Å². The quantitative estimate of drug-likeness (QED) is 0.801. The molecule has 1 unspecified atom stereocenters. The number of hydrogen-bond donors (Lipinski definition) is 2. The number of furan rings is 1. The predicted octanol–water partition coefficient (Wildman–Crippen LogP) is 2.36. The lowest BCUT2D eigenvalue weighted by atomic mass is 10.2. The molecule has 0 saturated heterocycles. The van der Waals surface area contributed by atoms with Crippen LogP contribution in [0.3, 0.4) is 0 Å². The van der Waals surface area contributed by atoms with Crippen molar-refractivity contribution in [3.8, 4) is 0 Å². The molecule has 0 aliphatic heterocycles. The number of carbonyl (C=O) groups excluding carboxylic acids is 1. The van der Waals surface area contributed by atoms with Crippen LogP contribution in [0.25, 0.3) is 0 Å². The summed E-state index contributed by atoms with van der Waals surface area (Å²) >= 11 is 0. The van der Waals surface area contributed by atoms with Crippen LogP contribution in [-0.2, 0) is 0 Å². The summed E-state index contributed by atoms with van der Waals surface area (Å²) in [4.78, 5) is 11.3. The molecule has 1 rings (SSSR count). The van der Waals surface area contributed by atoms with E-state index < -0.39 is 0 Å². The second-order valence-corrected chi connectivity index (χ2v) is 3.57. The fraction of sp³-hybridized carbons (Fsp3) is 0.545. The predicted molar refractivity (Wildman–Crippen MR) is 58.7 cm³/mol. The monoisotopic (exact) mass is 210 g/mol. The summed E-state index contributed by atoms with van der Waals surface area (Å²) in [6.45, 7) is 6.48. The van der Waals surface area contributed by atoms with Gasteiger partial charge in [-0.25, -0.2) is 4.79 Å². The van der Waals surface area contributed by atoms with E-state index in [1.165, 1.54) is 0 Å². The van der Waals surface area contributed by atoms with Crippen molar-refractivity contribution in [2.45, 2.75) is 33.2 Å². The minimum absolute atomic E-state index is 0.101. The van der Waals surface area contributed by atoms with Crippen molar-refractivity contribution in [3.05, 3.63) is 23.7 Å². The first-order valence-electron chi connectivity index (χ1n) is 5.24. The lowest BCUT2D eigenvalue weighted by Gasteiger charge is -2.11. The molecule has 0 radical (unpaired) electrons. The van der Waals surface area contributed by atoms with Gasteiger partial charge in [0.05, 0.1) is 6.04 Å². The fourth-order valence-electron chi connectivity index (χ4n) is 1.24. The Morgan fingerprint density at radius 2 is 2.27 bits per heavy atom. The van der Waals surface area contributed by atoms with E-state index in [4.69, 9.17) is 4.42 Å². The minimum Gasteiger partial charge on any atom is -0.464 e. The summed E-state index contributed by atoms with van der Waals surface area (Å²) in [5, 5.41) is 5.55. The standard InChI is InChI=1S/C11H18N2O2/c1-4-7-12-11(14)13-9(3)10-6-5-8(2)15-10/h5-6,9H,4,7H2,1-3H3,(H2,12,13,14). The Morgan fingerprint density at radius 3 is 2.80 bits per heavy atom. The first-order valence-corrected chi connectivity index (χ1v) is 5.24. The Morgan fingerprint density at radius 1 is 1.53 bits per heavy atom. The van der Waals surface area contributed by atoms with Crippen LogP contribution in [0.15, 0.2) is 16.5 Å². The molecule has 1 atom stereocenters. The van der Waals surface area contributed by atoms with Gasteiger partial charge >= 0.3 is 6.03 Å². The highest BCUT2D eigenvalue weighted by molar-refractivity contribution is 5.74. The molecule has 4 heteroatoms. The van der Waals surface area contributed by atoms with Crippen molar-refractivity contribution in [3.63, 3.8) is 0 Å². The molecule has 0 fully saturated rings. The van der Waals surface area contributed by atoms with Gasteiger partial charge in [0.15, 0.2) is 0 Å². The summed E-state index contributed by atoms with van der Waals surface area (Å²) in [5.41, 5.74) is 0. The van der Waals surface area contributed by atoms with E-state index in [1.807, 2.05) is 32.9 Å². The van der Waals surface area contributed by atoms with Crippen molar-refractivity contribution < 1.29 is 9.21 Å². The van der Waals surface area contributed by atoms with Gasteiger partial charge in [0, 0.05) is 6.54 Å². The molecular formula is C11H18N2O2. The number of urea groups is 1. The van der Waals surface area contributed by atoms with Crippen molar-refractivity contribution in [1.82, 2.24) is 10.6 Å². The number of aryl methyl sites for hydroxylation is 1. The number of hydrogen-bond acceptors (Lipinski definition) is 2. The van der Waals surface area contributed by atoms with Gasteiger partial charge in [0.25, 0.3) is 0 Å². The first-order chi connectivity index (χ1) is 7.13. The number of nitrogens with one attached hydrogen (secondary N) is 2. The maximum atomic E-state index is 11.3. The molecular weight excluding hydrogens is 192 g/mol. The second kappa shape index (κ2) is 5.44. The summed E-state index contributed by atoms with van der Waals surface area (Å²) < 4.78 is 5.41. The zero-order valence-electron chi connectivity index (χ0n) is 9.46. The average Bonchev–Trinajstić information content (AvgIpc) is 2.61. The molecule has 1 aromatic heterocycles. The van der Waals surface area contributed by atoms with Crippen LogP contribution in [0.2, 0.25) is 0 Å². The second-order valence-electron chi connectivity index (χ2n) is 3.57. The Hall–Kier alpha value is -1.45. The summed E-state index contributed by atoms with van der Waals surface area (Å²) in [5.74, 6) is 1.63. The number of amides is 2. The molecule has 15 heavy (non-hydrogen) atoms. The SMILES string of the molecule is CCCNC(=O)NC(C)c1ccc(C)o1. The highest BCUT2D eigenvalue weighted by atomic mass is 16.3. The van der Waals surface area contributed by atoms with Gasteiger partial charge in [0.2, 0.25) is 0 Å². The largest absolute Gasteiger partial charge is 0.464 e. The Labute approximate surface area is 90.0 Å². The summed E-state index contributed by atoms with van der Waals surface area (Å²) in [7, 11) is 0. The van der Waals surface area contributed by atoms with Gasteiger partial charge in [0.1, 0.15) is 11.5 Å². The number of carbonyl (C=O) groups is 1. The van der Waals surface area contributed by atoms with Crippen LogP contribution >= 0.6 is 0 Å². The molecule has 0 aromatic carbocycles. The first kappa shape index (κ1) is 11.6. The topological polar surface area (TPSA) is 54.3 Å². The van der Waals surface area contributed by atoms with E-state index in [0.717, 1.165) is 17.9 Å². The number of rotatable bonds is 4. The normalized spacial score (nSPS) is 12.2. The molecule has 1 heterocycles. The molecule has 0 saturated carbocycles. The molecule has 0 aliphatic carbocycles. The minimum atomic E-state index is -0.154. The fourth-order valence-corrected chi connectivity index (χ4v) is 1.24. The van der Waals surface area contributed by atoms with E-state index in [-0.39, 0.29) is 12.1 Å². The maximum Gasteiger partial charge on any atom is 0.315 e. The molecule has 0 spiro atoms. The van der Waals surface area contributed by atoms with Crippen molar-refractivity contribution >= 4 is 6.03 Å². The van der Waals surface area contributed by atoms with Crippen LogP contribution in [0.1, 0.15) is 37.8 Å². The summed E-state index contributed by atoms with van der Waals surface area (Å²) in [6, 6.07) is 3.51. The Kier molecular flexibility index (Phi) is 4.21. The smallest absolute Gasteiger partial charge is 0.315 e. The average molecular weight is 210 g/mol. The third-order valence-electron chi connectivity index (χ3n) is 2.07. The lowest BCUT2D eigenvalue weighted by Crippen LogP contribution is -2.37. The van der Waals surface area contributed by atoms with Gasteiger partial charge in [-0.15, -0.1) is 0 Å². The molecule has 1 aromatic rings. The van der Waals surface area contributed by atoms with Gasteiger partial charge in [-0.2, -0.15) is 0 Å². The van der Waals surface area contributed by atoms with E-state index >= 15 is 0 Å². The Balaban J connectivity index is 2.41. The van der Waals surface area contributed by atoms with Gasteiger partial charge in [-0.3, -0.25) is 0 Å². The lowest BCUT2D eigenvalue weighted by molar-refractivity contribution is 0.236. The summed E-state index contributed by atoms with van der Waals surface area (Å²) in [6.07, 6.45) is 0.932. The highest BCUT2D eigenvalue weighted by Gasteiger charge is 2.11. The molecule has 2 amide bonds. The van der Waals surface area contributed by atoms with Crippen molar-refractivity contribution in [1.29, 1.82) is 0 Å². The van der Waals surface area contributed by atoms with E-state index in [0.29, 0.717) is 6.54 Å². The Bertz CT molecular complexity index is 320. The zero-order chi connectivity index (χ0) is 11.3. The molecule has 0 bridgehead atoms. The highest BCUT2D eigenvalue weighted by Crippen LogP contribution is 2.14. The van der Waals surface area contributed by atoms with Crippen LogP contribution < -0.4 is 10.6 Å². The van der Waals surface area contributed by atoms with E-state index in [2.05, 4.69) is 10.6 Å². The van der Waals surface area contributed by atoms with Crippen LogP contribution in [0, 0.1) is 6.92 Å². The molecule has 84 valence electrons. The zero-order valence-corrected chi connectivity index (χ0v) is 9.46. The van der Waals surface area contributed by atoms with Crippen molar-refractivity contribution in [2.75, 3.05) is 6.54 Å².